The number of aromatic nitrogens is 2. The number of benzene rings is 3. The van der Waals surface area contributed by atoms with Crippen molar-refractivity contribution in [2.45, 2.75) is 26.4 Å². The van der Waals surface area contributed by atoms with Gasteiger partial charge in [-0.15, -0.1) is 0 Å². The first-order chi connectivity index (χ1) is 16.0. The van der Waals surface area contributed by atoms with Crippen LogP contribution in [0.25, 0.3) is 22.3 Å². The van der Waals surface area contributed by atoms with Gasteiger partial charge in [0.1, 0.15) is 0 Å². The van der Waals surface area contributed by atoms with E-state index in [4.69, 9.17) is 4.74 Å². The zero-order chi connectivity index (χ0) is 23.4. The highest BCUT2D eigenvalue weighted by Crippen LogP contribution is 2.31. The van der Waals surface area contributed by atoms with E-state index in [1.54, 1.807) is 30.3 Å². The summed E-state index contributed by atoms with van der Waals surface area (Å²) in [6, 6.07) is 20.9. The molecule has 0 fully saturated rings. The third kappa shape index (κ3) is 4.50. The van der Waals surface area contributed by atoms with E-state index < -0.39 is 4.92 Å². The number of ether oxygens (including phenoxy) is 1. The molecule has 0 spiro atoms. The van der Waals surface area contributed by atoms with E-state index in [0.29, 0.717) is 34.3 Å². The minimum Gasteiger partial charge on any atom is -0.483 e. The molecule has 1 aromatic heterocycles. The molecule has 3 aromatic carbocycles. The van der Waals surface area contributed by atoms with Crippen LogP contribution in [-0.4, -0.2) is 26.9 Å². The predicted octanol–water partition coefficient (Wildman–Crippen LogP) is 5.03. The highest BCUT2D eigenvalue weighted by molar-refractivity contribution is 5.86. The Kier molecular flexibility index (Phi) is 6.26. The molecule has 0 bridgehead atoms. The Hall–Kier alpha value is -4.33. The standard InChI is InChI=1S/C25H22N4O4/c1-3-17(2)33-23-19(12-9-15-22(23)29(31)32)16-26-28-24(18-10-5-4-6-11-18)27-21-14-8-7-13-20(21)25(28)30/h4-17H,3H2,1-2H3/t17-/m1/s1. The van der Waals surface area contributed by atoms with Gasteiger partial charge in [-0.1, -0.05) is 55.5 Å². The minimum atomic E-state index is -0.492. The quantitative estimate of drug-likeness (QED) is 0.227. The van der Waals surface area contributed by atoms with Crippen molar-refractivity contribution in [3.8, 4) is 17.1 Å². The predicted molar refractivity (Wildman–Crippen MR) is 128 cm³/mol. The van der Waals surface area contributed by atoms with E-state index in [1.807, 2.05) is 50.2 Å². The molecule has 0 amide bonds. The van der Waals surface area contributed by atoms with Crippen molar-refractivity contribution in [1.82, 2.24) is 9.66 Å². The minimum absolute atomic E-state index is 0.114. The number of hydrogen-bond donors (Lipinski definition) is 0. The van der Waals surface area contributed by atoms with Crippen LogP contribution in [0.4, 0.5) is 5.69 Å². The molecule has 4 rings (SSSR count). The largest absolute Gasteiger partial charge is 0.483 e. The van der Waals surface area contributed by atoms with E-state index in [-0.39, 0.29) is 23.1 Å². The van der Waals surface area contributed by atoms with Crippen LogP contribution in [-0.2, 0) is 0 Å². The molecule has 1 heterocycles. The van der Waals surface area contributed by atoms with Crippen molar-refractivity contribution in [3.63, 3.8) is 0 Å². The van der Waals surface area contributed by atoms with Crippen molar-refractivity contribution < 1.29 is 9.66 Å². The molecule has 0 aliphatic carbocycles. The molecule has 8 nitrogen and oxygen atoms in total. The fourth-order valence-corrected chi connectivity index (χ4v) is 3.33. The Bertz CT molecular complexity index is 1400. The molecule has 33 heavy (non-hydrogen) atoms. The Morgan fingerprint density at radius 2 is 1.82 bits per heavy atom. The number of rotatable bonds is 7. The van der Waals surface area contributed by atoms with Gasteiger partial charge in [0.15, 0.2) is 5.82 Å². The molecule has 0 unspecified atom stereocenters. The maximum Gasteiger partial charge on any atom is 0.311 e. The van der Waals surface area contributed by atoms with Crippen LogP contribution in [0.2, 0.25) is 0 Å². The van der Waals surface area contributed by atoms with E-state index in [0.717, 1.165) is 0 Å². The van der Waals surface area contributed by atoms with Crippen molar-refractivity contribution in [2.24, 2.45) is 5.10 Å². The van der Waals surface area contributed by atoms with E-state index in [2.05, 4.69) is 10.1 Å². The van der Waals surface area contributed by atoms with Gasteiger partial charge in [0.05, 0.1) is 28.1 Å². The second-order valence-electron chi connectivity index (χ2n) is 7.47. The average molecular weight is 442 g/mol. The van der Waals surface area contributed by atoms with Crippen LogP contribution >= 0.6 is 0 Å². The van der Waals surface area contributed by atoms with Crippen LogP contribution in [0.1, 0.15) is 25.8 Å². The van der Waals surface area contributed by atoms with Gasteiger partial charge < -0.3 is 4.74 Å². The van der Waals surface area contributed by atoms with Crippen molar-refractivity contribution in [1.29, 1.82) is 0 Å². The Morgan fingerprint density at radius 3 is 2.55 bits per heavy atom. The number of nitro benzene ring substituents is 1. The first-order valence-electron chi connectivity index (χ1n) is 10.5. The first kappa shape index (κ1) is 21.9. The summed E-state index contributed by atoms with van der Waals surface area (Å²) in [5.74, 6) is 0.481. The number of fused-ring (bicyclic) bond motifs is 1. The molecule has 1 atom stereocenters. The molecular formula is C25H22N4O4. The SMILES string of the molecule is CC[C@@H](C)Oc1c(C=Nn2c(-c3ccccc3)nc3ccccc3c2=O)cccc1[N+](=O)[O-]. The van der Waals surface area contributed by atoms with Crippen molar-refractivity contribution in [3.05, 3.63) is 98.8 Å². The van der Waals surface area contributed by atoms with Gasteiger partial charge in [-0.05, 0) is 31.5 Å². The molecule has 0 aliphatic rings. The summed E-state index contributed by atoms with van der Waals surface area (Å²) >= 11 is 0. The van der Waals surface area contributed by atoms with E-state index >= 15 is 0 Å². The summed E-state index contributed by atoms with van der Waals surface area (Å²) in [6.07, 6.45) is 1.84. The first-order valence-corrected chi connectivity index (χ1v) is 10.5. The molecule has 0 saturated heterocycles. The Morgan fingerprint density at radius 1 is 1.09 bits per heavy atom. The van der Waals surface area contributed by atoms with Crippen LogP contribution in [0.5, 0.6) is 5.75 Å². The van der Waals surface area contributed by atoms with Gasteiger partial charge in [-0.3, -0.25) is 14.9 Å². The van der Waals surface area contributed by atoms with Crippen LogP contribution in [0.3, 0.4) is 0 Å². The maximum atomic E-state index is 13.3. The van der Waals surface area contributed by atoms with Gasteiger partial charge in [-0.2, -0.15) is 9.78 Å². The van der Waals surface area contributed by atoms with Crippen LogP contribution in [0, 0.1) is 10.1 Å². The number of hydrogen-bond acceptors (Lipinski definition) is 6. The van der Waals surface area contributed by atoms with Gasteiger partial charge in [0, 0.05) is 17.2 Å². The number of nitro groups is 1. The Balaban J connectivity index is 1.90. The monoisotopic (exact) mass is 442 g/mol. The molecule has 0 N–H and O–H groups in total. The maximum absolute atomic E-state index is 13.3. The summed E-state index contributed by atoms with van der Waals surface area (Å²) in [5.41, 5.74) is 1.16. The molecular weight excluding hydrogens is 420 g/mol. The molecule has 0 aliphatic heterocycles. The lowest BCUT2D eigenvalue weighted by molar-refractivity contribution is -0.386. The van der Waals surface area contributed by atoms with Gasteiger partial charge in [0.25, 0.3) is 5.56 Å². The number of para-hydroxylation sites is 2. The summed E-state index contributed by atoms with van der Waals surface area (Å²) in [6.45, 7) is 3.77. The van der Waals surface area contributed by atoms with Gasteiger partial charge in [-0.25, -0.2) is 4.98 Å². The smallest absolute Gasteiger partial charge is 0.311 e. The van der Waals surface area contributed by atoms with Crippen LogP contribution < -0.4 is 10.3 Å². The number of nitrogens with zero attached hydrogens (tertiary/aromatic N) is 4. The van der Waals surface area contributed by atoms with Gasteiger partial charge >= 0.3 is 5.69 Å². The van der Waals surface area contributed by atoms with Crippen molar-refractivity contribution in [2.75, 3.05) is 0 Å². The zero-order valence-electron chi connectivity index (χ0n) is 18.2. The second-order valence-corrected chi connectivity index (χ2v) is 7.47. The highest BCUT2D eigenvalue weighted by Gasteiger charge is 2.20. The third-order valence-electron chi connectivity index (χ3n) is 5.21. The average Bonchev–Trinajstić information content (AvgIpc) is 2.84. The molecule has 0 radical (unpaired) electrons. The summed E-state index contributed by atoms with van der Waals surface area (Å²) < 4.78 is 7.07. The lowest BCUT2D eigenvalue weighted by atomic mass is 10.1. The van der Waals surface area contributed by atoms with Crippen molar-refractivity contribution >= 4 is 22.8 Å². The molecule has 0 saturated carbocycles. The lowest BCUT2D eigenvalue weighted by Gasteiger charge is -2.14. The topological polar surface area (TPSA) is 99.6 Å². The van der Waals surface area contributed by atoms with Crippen LogP contribution in [0.15, 0.2) is 82.7 Å². The molecule has 4 aromatic rings. The fourth-order valence-electron chi connectivity index (χ4n) is 3.33. The molecule has 8 heteroatoms. The van der Waals surface area contributed by atoms with E-state index in [1.165, 1.54) is 17.0 Å². The summed E-state index contributed by atoms with van der Waals surface area (Å²) in [4.78, 5) is 29.0. The second kappa shape index (κ2) is 9.44. The van der Waals surface area contributed by atoms with Gasteiger partial charge in [0.2, 0.25) is 5.75 Å². The lowest BCUT2D eigenvalue weighted by Crippen LogP contribution is -2.20. The third-order valence-corrected chi connectivity index (χ3v) is 5.21. The molecule has 166 valence electrons. The zero-order valence-corrected chi connectivity index (χ0v) is 18.2. The summed E-state index contributed by atoms with van der Waals surface area (Å²) in [7, 11) is 0. The highest BCUT2D eigenvalue weighted by atomic mass is 16.6. The summed E-state index contributed by atoms with van der Waals surface area (Å²) in [5, 5.41) is 16.4. The van der Waals surface area contributed by atoms with E-state index in [9.17, 15) is 14.9 Å². The Labute approximate surface area is 189 Å². The normalized spacial score (nSPS) is 12.2. The fraction of sp³-hybridized carbons (Fsp3) is 0.160.